The Morgan fingerprint density at radius 1 is 1.00 bits per heavy atom. The van der Waals surface area contributed by atoms with Gasteiger partial charge >= 0.3 is 203 Å². The summed E-state index contributed by atoms with van der Waals surface area (Å²) >= 11 is -0.121. The summed E-state index contributed by atoms with van der Waals surface area (Å²) in [6.45, 7) is 4.05. The Bertz CT molecular complexity index is 866. The van der Waals surface area contributed by atoms with Crippen molar-refractivity contribution in [1.82, 2.24) is 0 Å². The number of carbonyl (C=O) groups excluding carboxylic acids is 2. The molecule has 0 amide bonds. The summed E-state index contributed by atoms with van der Waals surface area (Å²) in [5, 5.41) is 0. The molecule has 0 unspecified atom stereocenters. The van der Waals surface area contributed by atoms with E-state index in [2.05, 4.69) is 24.3 Å². The van der Waals surface area contributed by atoms with E-state index in [0.29, 0.717) is 12.8 Å². The molecule has 0 spiro atoms. The van der Waals surface area contributed by atoms with Crippen LogP contribution in [0.15, 0.2) is 60.7 Å². The summed E-state index contributed by atoms with van der Waals surface area (Å²) < 4.78 is 19.1. The fraction of sp³-hybridized carbons (Fsp3) is 0.440. The van der Waals surface area contributed by atoms with Crippen LogP contribution in [0.1, 0.15) is 26.7 Å². The molecule has 1 saturated carbocycles. The molecule has 172 valence electrons. The Balaban J connectivity index is 2.15. The summed E-state index contributed by atoms with van der Waals surface area (Å²) in [5.41, 5.74) is -1.61. The van der Waals surface area contributed by atoms with Crippen LogP contribution in [0.3, 0.4) is 0 Å². The van der Waals surface area contributed by atoms with Gasteiger partial charge in [-0.3, -0.25) is 0 Å². The van der Waals surface area contributed by atoms with Crippen molar-refractivity contribution in [2.45, 2.75) is 36.0 Å². The molecule has 32 heavy (non-hydrogen) atoms. The van der Waals surface area contributed by atoms with Gasteiger partial charge in [0.25, 0.3) is 0 Å². The second-order valence-electron chi connectivity index (χ2n) is 8.07. The molecular weight excluding hydrogens is 538 g/mol. The molecule has 2 aromatic carbocycles. The predicted octanol–water partition coefficient (Wildman–Crippen LogP) is 2.33. The maximum atomic E-state index is 13.8. The van der Waals surface area contributed by atoms with Crippen molar-refractivity contribution >= 4 is 50.8 Å². The van der Waals surface area contributed by atoms with Crippen LogP contribution in [0.4, 0.5) is 0 Å². The van der Waals surface area contributed by atoms with Gasteiger partial charge in [0.1, 0.15) is 0 Å². The van der Waals surface area contributed by atoms with Gasteiger partial charge in [-0.05, 0) is 0 Å². The zero-order chi connectivity index (χ0) is 23.2. The van der Waals surface area contributed by atoms with E-state index >= 15 is 0 Å². The van der Waals surface area contributed by atoms with Gasteiger partial charge in [0.15, 0.2) is 0 Å². The van der Waals surface area contributed by atoms with Crippen LogP contribution >= 0.6 is 0 Å². The number of carbonyl (C=O) groups is 2. The minimum atomic E-state index is -1.00. The van der Waals surface area contributed by atoms with Gasteiger partial charge in [0.05, 0.1) is 0 Å². The van der Waals surface area contributed by atoms with Crippen molar-refractivity contribution in [2.75, 3.05) is 20.8 Å². The molecule has 0 N–H and O–H groups in total. The SMILES string of the molecule is CCOC(=O)[C@]1(C([Se]c2ccccc2)[Se]c2ccccc2)C[C@@](C)(OC)C[C@H]1C(=O)OC. The van der Waals surface area contributed by atoms with E-state index in [0.717, 1.165) is 0 Å². The summed E-state index contributed by atoms with van der Waals surface area (Å²) in [6, 6.07) is 20.5. The molecule has 5 nitrogen and oxygen atoms in total. The van der Waals surface area contributed by atoms with Crippen LogP contribution in [0.5, 0.6) is 0 Å². The third-order valence-corrected chi connectivity index (χ3v) is 13.0. The normalized spacial score (nSPS) is 25.0. The molecule has 1 aliphatic rings. The molecule has 0 bridgehead atoms. The van der Waals surface area contributed by atoms with Gasteiger partial charge in [0, 0.05) is 0 Å². The van der Waals surface area contributed by atoms with Crippen molar-refractivity contribution in [2.24, 2.45) is 11.3 Å². The Labute approximate surface area is 202 Å². The number of ether oxygens (including phenoxy) is 3. The average Bonchev–Trinajstić information content (AvgIpc) is 3.15. The second kappa shape index (κ2) is 11.0. The topological polar surface area (TPSA) is 61.8 Å². The predicted molar refractivity (Wildman–Crippen MR) is 127 cm³/mol. The second-order valence-corrected chi connectivity index (χ2v) is 14.5. The zero-order valence-electron chi connectivity index (χ0n) is 18.9. The minimum absolute atomic E-state index is 0.0487. The third kappa shape index (κ3) is 5.30. The molecule has 0 aromatic heterocycles. The molecule has 3 atom stereocenters. The fourth-order valence-corrected chi connectivity index (χ4v) is 12.1. The number of methoxy groups -OCH3 is 2. The first kappa shape index (κ1) is 25.0. The number of esters is 2. The van der Waals surface area contributed by atoms with Gasteiger partial charge in [-0.25, -0.2) is 0 Å². The monoisotopic (exact) mass is 570 g/mol. The van der Waals surface area contributed by atoms with Crippen LogP contribution in [0, 0.1) is 11.3 Å². The van der Waals surface area contributed by atoms with Gasteiger partial charge in [-0.1, -0.05) is 0 Å². The summed E-state index contributed by atoms with van der Waals surface area (Å²) in [6.07, 6.45) is 0.865. The molecule has 2 aromatic rings. The van der Waals surface area contributed by atoms with Gasteiger partial charge in [-0.15, -0.1) is 0 Å². The van der Waals surface area contributed by atoms with E-state index < -0.39 is 16.9 Å². The van der Waals surface area contributed by atoms with Crippen LogP contribution in [0.2, 0.25) is 3.71 Å². The van der Waals surface area contributed by atoms with Crippen molar-refractivity contribution in [3.8, 4) is 0 Å². The molecule has 0 saturated heterocycles. The summed E-state index contributed by atoms with van der Waals surface area (Å²) in [7, 11) is 3.04. The molecule has 7 heteroatoms. The van der Waals surface area contributed by atoms with Gasteiger partial charge in [0.2, 0.25) is 0 Å². The fourth-order valence-electron chi connectivity index (χ4n) is 4.32. The van der Waals surface area contributed by atoms with E-state index in [-0.39, 0.29) is 52.2 Å². The molecule has 0 aliphatic heterocycles. The van der Waals surface area contributed by atoms with Gasteiger partial charge in [-0.2, -0.15) is 0 Å². The standard InChI is InChI=1S/C25H30O5Se2/c1-5-30-22(27)25(17-24(2,29-4)16-20(25)21(26)28-3)23(31-18-12-8-6-9-13-18)32-19-14-10-7-11-15-19/h6-15,20,23H,5,16-17H2,1-4H3/t20-,24-,25-/m0/s1. The van der Waals surface area contributed by atoms with Crippen molar-refractivity contribution in [1.29, 1.82) is 0 Å². The van der Waals surface area contributed by atoms with Crippen LogP contribution in [-0.4, -0.2) is 68.3 Å². The van der Waals surface area contributed by atoms with Crippen LogP contribution in [0.25, 0.3) is 0 Å². The van der Waals surface area contributed by atoms with Crippen LogP contribution < -0.4 is 8.92 Å². The van der Waals surface area contributed by atoms with E-state index in [1.807, 2.05) is 50.2 Å². The first-order valence-electron chi connectivity index (χ1n) is 10.6. The van der Waals surface area contributed by atoms with Crippen molar-refractivity contribution < 1.29 is 23.8 Å². The molecule has 0 heterocycles. The Kier molecular flexibility index (Phi) is 8.60. The van der Waals surface area contributed by atoms with E-state index in [9.17, 15) is 9.59 Å². The number of benzene rings is 2. The van der Waals surface area contributed by atoms with Gasteiger partial charge < -0.3 is 0 Å². The Morgan fingerprint density at radius 2 is 1.53 bits per heavy atom. The first-order chi connectivity index (χ1) is 15.4. The molecule has 1 fully saturated rings. The van der Waals surface area contributed by atoms with Crippen LogP contribution in [-0.2, 0) is 23.8 Å². The number of rotatable bonds is 9. The van der Waals surface area contributed by atoms with E-state index in [4.69, 9.17) is 14.2 Å². The summed E-state index contributed by atoms with van der Waals surface area (Å²) in [5.74, 6) is -1.29. The Hall–Kier alpha value is -1.62. The molecule has 1 aliphatic carbocycles. The summed E-state index contributed by atoms with van der Waals surface area (Å²) in [4.78, 5) is 26.8. The molecular formula is C25H30O5Se2. The van der Waals surface area contributed by atoms with E-state index in [1.54, 1.807) is 7.11 Å². The average molecular weight is 568 g/mol. The number of hydrogen-bond acceptors (Lipinski definition) is 5. The van der Waals surface area contributed by atoms with Crippen molar-refractivity contribution in [3.63, 3.8) is 0 Å². The molecule has 3 rings (SSSR count). The van der Waals surface area contributed by atoms with Crippen molar-refractivity contribution in [3.05, 3.63) is 60.7 Å². The maximum absolute atomic E-state index is 13.8. The number of hydrogen-bond donors (Lipinski definition) is 0. The quantitative estimate of drug-likeness (QED) is 0.344. The Morgan fingerprint density at radius 3 is 1.97 bits per heavy atom. The third-order valence-electron chi connectivity index (χ3n) is 5.95. The van der Waals surface area contributed by atoms with E-state index in [1.165, 1.54) is 16.0 Å². The zero-order valence-corrected chi connectivity index (χ0v) is 22.3. The molecule has 0 radical (unpaired) electrons. The first-order valence-corrected chi connectivity index (χ1v) is 14.3.